The van der Waals surface area contributed by atoms with Crippen molar-refractivity contribution >= 4 is 0 Å². The molecule has 0 aromatic carbocycles. The monoisotopic (exact) mass is 204 g/mol. The van der Waals surface area contributed by atoms with Crippen LogP contribution in [-0.4, -0.2) is 49.2 Å². The zero-order chi connectivity index (χ0) is 10.3. The van der Waals surface area contributed by atoms with Crippen molar-refractivity contribution in [3.63, 3.8) is 0 Å². The van der Waals surface area contributed by atoms with Gasteiger partial charge in [-0.15, -0.1) is 0 Å². The van der Waals surface area contributed by atoms with E-state index in [0.717, 1.165) is 0 Å². The average molecular weight is 204 g/mol. The van der Waals surface area contributed by atoms with Gasteiger partial charge < -0.3 is 24.1 Å². The Labute approximate surface area is 82.9 Å². The summed E-state index contributed by atoms with van der Waals surface area (Å²) >= 11 is 0. The second-order valence-corrected chi connectivity index (χ2v) is 4.09. The highest BCUT2D eigenvalue weighted by molar-refractivity contribution is 4.94. The number of aliphatic hydroxyl groups is 1. The summed E-state index contributed by atoms with van der Waals surface area (Å²) in [5.41, 5.74) is 0. The molecule has 82 valence electrons. The van der Waals surface area contributed by atoms with Crippen LogP contribution in [0.15, 0.2) is 0 Å². The topological polar surface area (TPSA) is 57.2 Å². The number of hydrogen-bond acceptors (Lipinski definition) is 5. The number of methoxy groups -OCH3 is 1. The predicted molar refractivity (Wildman–Crippen MR) is 46.6 cm³/mol. The Morgan fingerprint density at radius 1 is 1.29 bits per heavy atom. The van der Waals surface area contributed by atoms with Crippen molar-refractivity contribution in [3.05, 3.63) is 0 Å². The minimum atomic E-state index is -0.915. The van der Waals surface area contributed by atoms with E-state index in [9.17, 15) is 5.11 Å². The minimum absolute atomic E-state index is 0.236. The zero-order valence-electron chi connectivity index (χ0n) is 8.60. The molecule has 1 N–H and O–H groups in total. The van der Waals surface area contributed by atoms with Crippen molar-refractivity contribution in [2.45, 2.75) is 44.2 Å². The van der Waals surface area contributed by atoms with Crippen LogP contribution >= 0.6 is 0 Å². The Balaban J connectivity index is 2.07. The van der Waals surface area contributed by atoms with Crippen LogP contribution in [-0.2, 0) is 18.9 Å². The van der Waals surface area contributed by atoms with Crippen molar-refractivity contribution in [1.29, 1.82) is 0 Å². The molecular weight excluding hydrogens is 188 g/mol. The first kappa shape index (κ1) is 10.3. The van der Waals surface area contributed by atoms with E-state index in [1.807, 2.05) is 13.8 Å². The molecule has 2 aliphatic rings. The molecule has 5 heteroatoms. The molecule has 5 nitrogen and oxygen atoms in total. The van der Waals surface area contributed by atoms with Gasteiger partial charge in [0.2, 0.25) is 0 Å². The second kappa shape index (κ2) is 3.43. The van der Waals surface area contributed by atoms with E-state index < -0.39 is 18.2 Å². The van der Waals surface area contributed by atoms with E-state index in [4.69, 9.17) is 18.9 Å². The molecule has 2 aliphatic heterocycles. The predicted octanol–water partition coefficient (Wildman–Crippen LogP) is -0.130. The first-order chi connectivity index (χ1) is 6.53. The smallest absolute Gasteiger partial charge is 0.184 e. The van der Waals surface area contributed by atoms with Gasteiger partial charge in [0.25, 0.3) is 0 Å². The summed E-state index contributed by atoms with van der Waals surface area (Å²) in [6, 6.07) is 0. The number of hydrogen-bond donors (Lipinski definition) is 1. The van der Waals surface area contributed by atoms with Gasteiger partial charge in [-0.2, -0.15) is 0 Å². The fourth-order valence-corrected chi connectivity index (χ4v) is 1.96. The van der Waals surface area contributed by atoms with Crippen LogP contribution in [0.5, 0.6) is 0 Å². The second-order valence-electron chi connectivity index (χ2n) is 4.09. The summed E-state index contributed by atoms with van der Waals surface area (Å²) < 4.78 is 21.4. The van der Waals surface area contributed by atoms with E-state index in [1.54, 1.807) is 7.11 Å². The van der Waals surface area contributed by atoms with Crippen molar-refractivity contribution < 1.29 is 24.1 Å². The number of ether oxygens (including phenoxy) is 4. The minimum Gasteiger partial charge on any atom is -0.382 e. The zero-order valence-corrected chi connectivity index (χ0v) is 8.60. The largest absolute Gasteiger partial charge is 0.382 e. The van der Waals surface area contributed by atoms with Crippen LogP contribution in [0.4, 0.5) is 0 Å². The molecule has 0 radical (unpaired) electrons. The van der Waals surface area contributed by atoms with Gasteiger partial charge in [-0.1, -0.05) is 0 Å². The molecule has 2 rings (SSSR count). The number of aliphatic hydroxyl groups excluding tert-OH is 1. The van der Waals surface area contributed by atoms with E-state index in [1.165, 1.54) is 0 Å². The molecule has 0 saturated carbocycles. The van der Waals surface area contributed by atoms with Gasteiger partial charge in [0.15, 0.2) is 12.1 Å². The summed E-state index contributed by atoms with van der Waals surface area (Å²) in [5, 5.41) is 9.55. The molecule has 2 heterocycles. The average Bonchev–Trinajstić information content (AvgIpc) is 2.51. The molecule has 0 aliphatic carbocycles. The third kappa shape index (κ3) is 1.66. The molecule has 14 heavy (non-hydrogen) atoms. The lowest BCUT2D eigenvalue weighted by Gasteiger charge is -2.22. The van der Waals surface area contributed by atoms with Crippen LogP contribution in [0.3, 0.4) is 0 Å². The van der Waals surface area contributed by atoms with E-state index >= 15 is 0 Å². The first-order valence-electron chi connectivity index (χ1n) is 4.71. The Kier molecular flexibility index (Phi) is 2.53. The Hall–Kier alpha value is -0.200. The molecule has 0 aromatic rings. The van der Waals surface area contributed by atoms with E-state index in [-0.39, 0.29) is 12.2 Å². The van der Waals surface area contributed by atoms with Crippen molar-refractivity contribution in [1.82, 2.24) is 0 Å². The normalized spacial score (nSPS) is 45.4. The molecule has 0 spiro atoms. The number of fused-ring (bicyclic) bond motifs is 1. The molecule has 2 saturated heterocycles. The van der Waals surface area contributed by atoms with Crippen LogP contribution in [0.2, 0.25) is 0 Å². The fourth-order valence-electron chi connectivity index (χ4n) is 1.96. The first-order valence-corrected chi connectivity index (χ1v) is 4.71. The van der Waals surface area contributed by atoms with Crippen molar-refractivity contribution in [2.75, 3.05) is 13.7 Å². The van der Waals surface area contributed by atoms with Gasteiger partial charge in [0, 0.05) is 7.11 Å². The molecular formula is C9H16O5. The summed E-state index contributed by atoms with van der Waals surface area (Å²) in [4.78, 5) is 0. The maximum atomic E-state index is 9.55. The Morgan fingerprint density at radius 2 is 1.93 bits per heavy atom. The SMILES string of the molecule is COC[C@@H]1OC(O)[C@H]2OC(C)(C)O[C@@H]12. The summed E-state index contributed by atoms with van der Waals surface area (Å²) in [6.07, 6.45) is -1.80. The highest BCUT2D eigenvalue weighted by Crippen LogP contribution is 2.37. The molecule has 1 unspecified atom stereocenters. The Morgan fingerprint density at radius 3 is 2.57 bits per heavy atom. The van der Waals surface area contributed by atoms with Gasteiger partial charge in [-0.3, -0.25) is 0 Å². The van der Waals surface area contributed by atoms with Crippen LogP contribution < -0.4 is 0 Å². The number of rotatable bonds is 2. The Bertz CT molecular complexity index is 217. The highest BCUT2D eigenvalue weighted by atomic mass is 16.8. The summed E-state index contributed by atoms with van der Waals surface area (Å²) in [7, 11) is 1.59. The fraction of sp³-hybridized carbons (Fsp3) is 1.00. The lowest BCUT2D eigenvalue weighted by atomic mass is 10.1. The lowest BCUT2D eigenvalue weighted by molar-refractivity contribution is -0.224. The van der Waals surface area contributed by atoms with Crippen LogP contribution in [0, 0.1) is 0 Å². The van der Waals surface area contributed by atoms with Gasteiger partial charge in [-0.25, -0.2) is 0 Å². The van der Waals surface area contributed by atoms with Crippen LogP contribution in [0.1, 0.15) is 13.8 Å². The molecule has 2 fully saturated rings. The van der Waals surface area contributed by atoms with E-state index in [2.05, 4.69) is 0 Å². The highest BCUT2D eigenvalue weighted by Gasteiger charge is 2.54. The van der Waals surface area contributed by atoms with Crippen molar-refractivity contribution in [3.8, 4) is 0 Å². The molecule has 0 aromatic heterocycles. The van der Waals surface area contributed by atoms with Crippen LogP contribution in [0.25, 0.3) is 0 Å². The third-order valence-electron chi connectivity index (χ3n) is 2.46. The standard InChI is InChI=1S/C9H16O5/c1-9(2)13-6-5(4-11-3)12-8(10)7(6)14-9/h5-8,10H,4H2,1-3H3/t5-,6-,7-,8?/m0/s1. The maximum Gasteiger partial charge on any atom is 0.184 e. The summed E-state index contributed by atoms with van der Waals surface area (Å²) in [5.74, 6) is -0.647. The van der Waals surface area contributed by atoms with E-state index in [0.29, 0.717) is 6.61 Å². The maximum absolute atomic E-state index is 9.55. The van der Waals surface area contributed by atoms with Gasteiger partial charge >= 0.3 is 0 Å². The van der Waals surface area contributed by atoms with Gasteiger partial charge in [0.05, 0.1) is 6.61 Å². The van der Waals surface area contributed by atoms with Gasteiger partial charge in [-0.05, 0) is 13.8 Å². The molecule has 0 amide bonds. The third-order valence-corrected chi connectivity index (χ3v) is 2.46. The molecule has 4 atom stereocenters. The summed E-state index contributed by atoms with van der Waals surface area (Å²) in [6.45, 7) is 4.04. The van der Waals surface area contributed by atoms with Gasteiger partial charge in [0.1, 0.15) is 18.3 Å². The molecule has 0 bridgehead atoms. The van der Waals surface area contributed by atoms with Crippen molar-refractivity contribution in [2.24, 2.45) is 0 Å². The lowest BCUT2D eigenvalue weighted by Crippen LogP contribution is -2.32. The quantitative estimate of drug-likeness (QED) is 0.679.